The van der Waals surface area contributed by atoms with E-state index in [9.17, 15) is 9.59 Å². The minimum atomic E-state index is -0.430. The number of nitrogen functional groups attached to an aromatic ring is 1. The number of amides is 1. The third kappa shape index (κ3) is 3.11. The van der Waals surface area contributed by atoms with Gasteiger partial charge in [-0.25, -0.2) is 4.79 Å². The molecule has 0 spiro atoms. The number of methoxy groups -OCH3 is 1. The summed E-state index contributed by atoms with van der Waals surface area (Å²) in [5.74, 6) is -0.802. The van der Waals surface area contributed by atoms with Crippen LogP contribution in [0, 0.1) is 0 Å². The van der Waals surface area contributed by atoms with Crippen molar-refractivity contribution in [1.29, 1.82) is 0 Å². The maximum absolute atomic E-state index is 11.9. The van der Waals surface area contributed by atoms with E-state index in [4.69, 9.17) is 5.73 Å². The van der Waals surface area contributed by atoms with Crippen molar-refractivity contribution in [3.05, 3.63) is 53.9 Å². The van der Waals surface area contributed by atoms with Crippen molar-refractivity contribution in [1.82, 2.24) is 4.98 Å². The van der Waals surface area contributed by atoms with E-state index in [2.05, 4.69) is 15.0 Å². The largest absolute Gasteiger partial charge is 0.465 e. The predicted molar refractivity (Wildman–Crippen MR) is 74.4 cm³/mol. The average molecular weight is 271 g/mol. The van der Waals surface area contributed by atoms with Gasteiger partial charge in [0.1, 0.15) is 5.69 Å². The van der Waals surface area contributed by atoms with Crippen molar-refractivity contribution in [3.63, 3.8) is 0 Å². The van der Waals surface area contributed by atoms with Crippen molar-refractivity contribution >= 4 is 23.3 Å². The lowest BCUT2D eigenvalue weighted by Crippen LogP contribution is -2.14. The summed E-state index contributed by atoms with van der Waals surface area (Å²) in [6, 6.07) is 9.43. The molecule has 0 unspecified atom stereocenters. The van der Waals surface area contributed by atoms with E-state index in [-0.39, 0.29) is 11.6 Å². The Balaban J connectivity index is 2.10. The maximum atomic E-state index is 11.9. The Labute approximate surface area is 115 Å². The summed E-state index contributed by atoms with van der Waals surface area (Å²) in [6.45, 7) is 0. The van der Waals surface area contributed by atoms with E-state index in [1.165, 1.54) is 19.4 Å². The zero-order chi connectivity index (χ0) is 14.5. The first-order valence-electron chi connectivity index (χ1n) is 5.81. The Morgan fingerprint density at radius 3 is 2.50 bits per heavy atom. The second kappa shape index (κ2) is 5.83. The Morgan fingerprint density at radius 2 is 1.90 bits per heavy atom. The quantitative estimate of drug-likeness (QED) is 0.828. The van der Waals surface area contributed by atoms with Crippen molar-refractivity contribution in [2.75, 3.05) is 18.2 Å². The van der Waals surface area contributed by atoms with E-state index in [1.54, 1.807) is 30.3 Å². The number of ether oxygens (including phenoxy) is 1. The summed E-state index contributed by atoms with van der Waals surface area (Å²) < 4.78 is 4.59. The van der Waals surface area contributed by atoms with Gasteiger partial charge in [-0.15, -0.1) is 0 Å². The van der Waals surface area contributed by atoms with Gasteiger partial charge in [0.05, 0.1) is 12.7 Å². The molecule has 1 aromatic carbocycles. The number of nitrogens with zero attached hydrogens (tertiary/aromatic N) is 1. The lowest BCUT2D eigenvalue weighted by Gasteiger charge is -2.06. The lowest BCUT2D eigenvalue weighted by atomic mass is 10.2. The molecule has 1 amide bonds. The molecule has 20 heavy (non-hydrogen) atoms. The first-order valence-corrected chi connectivity index (χ1v) is 5.81. The summed E-state index contributed by atoms with van der Waals surface area (Å²) in [6.07, 6.45) is 1.46. The van der Waals surface area contributed by atoms with Gasteiger partial charge in [-0.05, 0) is 36.4 Å². The van der Waals surface area contributed by atoms with Crippen LogP contribution in [0.1, 0.15) is 20.8 Å². The van der Waals surface area contributed by atoms with Crippen LogP contribution in [0.4, 0.5) is 11.4 Å². The van der Waals surface area contributed by atoms with Crippen molar-refractivity contribution in [2.24, 2.45) is 0 Å². The molecule has 1 aromatic heterocycles. The number of hydrogen-bond donors (Lipinski definition) is 2. The Bertz CT molecular complexity index is 638. The van der Waals surface area contributed by atoms with Gasteiger partial charge in [0.15, 0.2) is 0 Å². The Morgan fingerprint density at radius 1 is 1.20 bits per heavy atom. The second-order valence-corrected chi connectivity index (χ2v) is 4.00. The minimum absolute atomic E-state index is 0.224. The molecule has 0 atom stereocenters. The number of nitrogens with two attached hydrogens (primary N) is 1. The van der Waals surface area contributed by atoms with Gasteiger partial charge in [-0.2, -0.15) is 0 Å². The monoisotopic (exact) mass is 271 g/mol. The van der Waals surface area contributed by atoms with Crippen LogP contribution in [0.15, 0.2) is 42.6 Å². The average Bonchev–Trinajstić information content (AvgIpc) is 2.47. The van der Waals surface area contributed by atoms with Crippen LogP contribution in [-0.2, 0) is 4.74 Å². The lowest BCUT2D eigenvalue weighted by molar-refractivity contribution is 0.0600. The van der Waals surface area contributed by atoms with Crippen LogP contribution in [0.2, 0.25) is 0 Å². The van der Waals surface area contributed by atoms with Gasteiger partial charge in [0.25, 0.3) is 5.91 Å². The molecular formula is C14H13N3O3. The number of aromatic nitrogens is 1. The standard InChI is InChI=1S/C14H13N3O3/c1-20-14(19)9-2-4-11(5-3-9)17-13(18)12-8-10(15)6-7-16-12/h2-8H,1H3,(H2,15,16)(H,17,18). The molecule has 0 aliphatic rings. The number of esters is 1. The van der Waals surface area contributed by atoms with E-state index in [0.29, 0.717) is 16.9 Å². The molecule has 0 saturated carbocycles. The molecule has 0 aliphatic carbocycles. The number of benzene rings is 1. The molecule has 6 heteroatoms. The molecule has 3 N–H and O–H groups in total. The number of carbonyl (C=O) groups is 2. The summed E-state index contributed by atoms with van der Waals surface area (Å²) in [7, 11) is 1.31. The summed E-state index contributed by atoms with van der Waals surface area (Å²) in [5.41, 5.74) is 7.23. The van der Waals surface area contributed by atoms with Crippen LogP contribution in [0.25, 0.3) is 0 Å². The summed E-state index contributed by atoms with van der Waals surface area (Å²) in [5, 5.41) is 2.66. The molecule has 102 valence electrons. The highest BCUT2D eigenvalue weighted by Crippen LogP contribution is 2.12. The SMILES string of the molecule is COC(=O)c1ccc(NC(=O)c2cc(N)ccn2)cc1. The van der Waals surface area contributed by atoms with E-state index in [1.807, 2.05) is 0 Å². The number of rotatable bonds is 3. The number of pyridine rings is 1. The molecule has 0 fully saturated rings. The minimum Gasteiger partial charge on any atom is -0.465 e. The zero-order valence-electron chi connectivity index (χ0n) is 10.8. The topological polar surface area (TPSA) is 94.3 Å². The predicted octanol–water partition coefficient (Wildman–Crippen LogP) is 1.70. The maximum Gasteiger partial charge on any atom is 0.337 e. The molecular weight excluding hydrogens is 258 g/mol. The number of hydrogen-bond acceptors (Lipinski definition) is 5. The van der Waals surface area contributed by atoms with Gasteiger partial charge in [-0.1, -0.05) is 0 Å². The molecule has 6 nitrogen and oxygen atoms in total. The third-order valence-corrected chi connectivity index (χ3v) is 2.58. The van der Waals surface area contributed by atoms with E-state index >= 15 is 0 Å². The van der Waals surface area contributed by atoms with E-state index < -0.39 is 5.97 Å². The first kappa shape index (κ1) is 13.5. The van der Waals surface area contributed by atoms with Gasteiger partial charge in [-0.3, -0.25) is 9.78 Å². The second-order valence-electron chi connectivity index (χ2n) is 4.00. The van der Waals surface area contributed by atoms with Gasteiger partial charge in [0, 0.05) is 17.6 Å². The van der Waals surface area contributed by atoms with Crippen molar-refractivity contribution in [2.45, 2.75) is 0 Å². The number of carbonyl (C=O) groups excluding carboxylic acids is 2. The highest BCUT2D eigenvalue weighted by atomic mass is 16.5. The third-order valence-electron chi connectivity index (χ3n) is 2.58. The normalized spacial score (nSPS) is 9.85. The highest BCUT2D eigenvalue weighted by molar-refractivity contribution is 6.03. The van der Waals surface area contributed by atoms with Crippen LogP contribution in [-0.4, -0.2) is 24.0 Å². The molecule has 0 aliphatic heterocycles. The fourth-order valence-electron chi connectivity index (χ4n) is 1.57. The first-order chi connectivity index (χ1) is 9.60. The molecule has 0 saturated heterocycles. The summed E-state index contributed by atoms with van der Waals surface area (Å²) >= 11 is 0. The number of nitrogens with one attached hydrogen (secondary N) is 1. The molecule has 2 rings (SSSR count). The summed E-state index contributed by atoms with van der Waals surface area (Å²) in [4.78, 5) is 27.1. The fraction of sp³-hybridized carbons (Fsp3) is 0.0714. The Hall–Kier alpha value is -2.89. The Kier molecular flexibility index (Phi) is 3.95. The van der Waals surface area contributed by atoms with E-state index in [0.717, 1.165) is 0 Å². The van der Waals surface area contributed by atoms with Crippen LogP contribution in [0.3, 0.4) is 0 Å². The van der Waals surface area contributed by atoms with Crippen molar-refractivity contribution in [3.8, 4) is 0 Å². The zero-order valence-corrected chi connectivity index (χ0v) is 10.8. The number of anilines is 2. The van der Waals surface area contributed by atoms with Crippen LogP contribution in [0.5, 0.6) is 0 Å². The van der Waals surface area contributed by atoms with Crippen LogP contribution >= 0.6 is 0 Å². The molecule has 0 bridgehead atoms. The highest BCUT2D eigenvalue weighted by Gasteiger charge is 2.09. The molecule has 0 radical (unpaired) electrons. The van der Waals surface area contributed by atoms with Crippen molar-refractivity contribution < 1.29 is 14.3 Å². The van der Waals surface area contributed by atoms with Gasteiger partial charge < -0.3 is 15.8 Å². The molecule has 1 heterocycles. The van der Waals surface area contributed by atoms with Gasteiger partial charge in [0.2, 0.25) is 0 Å². The molecule has 2 aromatic rings. The van der Waals surface area contributed by atoms with Gasteiger partial charge >= 0.3 is 5.97 Å². The smallest absolute Gasteiger partial charge is 0.337 e. The fourth-order valence-corrected chi connectivity index (χ4v) is 1.57. The van der Waals surface area contributed by atoms with Crippen LogP contribution < -0.4 is 11.1 Å².